The number of imidazole rings is 1. The third-order valence-corrected chi connectivity index (χ3v) is 2.99. The number of anilines is 1. The molecule has 0 amide bonds. The minimum atomic E-state index is 0.404. The van der Waals surface area contributed by atoms with Gasteiger partial charge in [-0.2, -0.15) is 5.26 Å². The molecule has 0 bridgehead atoms. The third-order valence-electron chi connectivity index (χ3n) is 2.99. The van der Waals surface area contributed by atoms with Crippen molar-refractivity contribution in [3.8, 4) is 6.07 Å². The first-order valence-corrected chi connectivity index (χ1v) is 5.83. The highest BCUT2D eigenvalue weighted by Crippen LogP contribution is 2.22. The molecule has 5 nitrogen and oxygen atoms in total. The third kappa shape index (κ3) is 1.89. The Morgan fingerprint density at radius 1 is 1.26 bits per heavy atom. The van der Waals surface area contributed by atoms with Crippen molar-refractivity contribution < 1.29 is 0 Å². The van der Waals surface area contributed by atoms with Gasteiger partial charge in [0, 0.05) is 12.4 Å². The molecule has 0 spiro atoms. The van der Waals surface area contributed by atoms with Crippen LogP contribution in [0.1, 0.15) is 11.1 Å². The average molecular weight is 249 g/mol. The van der Waals surface area contributed by atoms with Crippen molar-refractivity contribution in [2.45, 2.75) is 6.54 Å². The number of nitrogens with two attached hydrogens (primary N) is 1. The molecule has 2 N–H and O–H groups in total. The highest BCUT2D eigenvalue weighted by molar-refractivity contribution is 5.84. The largest absolute Gasteiger partial charge is 0.369 e. The average Bonchev–Trinajstić information content (AvgIpc) is 2.76. The lowest BCUT2D eigenvalue weighted by Gasteiger charge is -2.06. The Balaban J connectivity index is 2.15. The maximum Gasteiger partial charge on any atom is 0.201 e. The standard InChI is InChI=1S/C14H11N5/c15-7-11-4-1-5-12-13(11)18-14(16)19(12)9-10-3-2-6-17-8-10/h1-6,8H,9H2,(H2,16,18). The van der Waals surface area contributed by atoms with Crippen LogP contribution in [0.25, 0.3) is 11.0 Å². The fraction of sp³-hybridized carbons (Fsp3) is 0.0714. The summed E-state index contributed by atoms with van der Waals surface area (Å²) in [6.07, 6.45) is 3.52. The van der Waals surface area contributed by atoms with E-state index >= 15 is 0 Å². The van der Waals surface area contributed by atoms with Gasteiger partial charge in [0.2, 0.25) is 5.95 Å². The number of para-hydroxylation sites is 1. The van der Waals surface area contributed by atoms with Gasteiger partial charge in [-0.25, -0.2) is 4.98 Å². The SMILES string of the molecule is N#Cc1cccc2c1nc(N)n2Cc1cccnc1. The number of nitriles is 1. The van der Waals surface area contributed by atoms with Gasteiger partial charge in [0.05, 0.1) is 17.6 Å². The van der Waals surface area contributed by atoms with E-state index in [-0.39, 0.29) is 0 Å². The summed E-state index contributed by atoms with van der Waals surface area (Å²) in [7, 11) is 0. The van der Waals surface area contributed by atoms with E-state index in [1.807, 2.05) is 28.8 Å². The van der Waals surface area contributed by atoms with E-state index in [0.29, 0.717) is 23.6 Å². The van der Waals surface area contributed by atoms with Crippen molar-refractivity contribution in [2.24, 2.45) is 0 Å². The van der Waals surface area contributed by atoms with Gasteiger partial charge in [-0.1, -0.05) is 12.1 Å². The summed E-state index contributed by atoms with van der Waals surface area (Å²) in [6.45, 7) is 0.588. The van der Waals surface area contributed by atoms with Crippen molar-refractivity contribution in [3.63, 3.8) is 0 Å². The van der Waals surface area contributed by atoms with Crippen LogP contribution in [0.15, 0.2) is 42.7 Å². The second-order valence-corrected chi connectivity index (χ2v) is 4.20. The molecule has 0 radical (unpaired) electrons. The fourth-order valence-corrected chi connectivity index (χ4v) is 2.10. The van der Waals surface area contributed by atoms with Crippen LogP contribution < -0.4 is 5.73 Å². The lowest BCUT2D eigenvalue weighted by molar-refractivity contribution is 0.833. The molecule has 3 aromatic rings. The summed E-state index contributed by atoms with van der Waals surface area (Å²) in [4.78, 5) is 8.36. The zero-order valence-electron chi connectivity index (χ0n) is 10.1. The van der Waals surface area contributed by atoms with E-state index in [1.165, 1.54) is 0 Å². The molecule has 0 saturated heterocycles. The van der Waals surface area contributed by atoms with Crippen LogP contribution in [0.2, 0.25) is 0 Å². The molecule has 0 saturated carbocycles. The number of nitrogen functional groups attached to an aromatic ring is 1. The summed E-state index contributed by atoms with van der Waals surface area (Å²) in [6, 6.07) is 11.5. The maximum atomic E-state index is 9.08. The molecule has 19 heavy (non-hydrogen) atoms. The molecule has 0 fully saturated rings. The molecule has 92 valence electrons. The van der Waals surface area contributed by atoms with E-state index in [1.54, 1.807) is 18.5 Å². The number of hydrogen-bond donors (Lipinski definition) is 1. The summed E-state index contributed by atoms with van der Waals surface area (Å²) in [5, 5.41) is 9.08. The Bertz CT molecular complexity index is 768. The monoisotopic (exact) mass is 249 g/mol. The van der Waals surface area contributed by atoms with Crippen LogP contribution in [0.3, 0.4) is 0 Å². The van der Waals surface area contributed by atoms with E-state index in [9.17, 15) is 0 Å². The van der Waals surface area contributed by atoms with Gasteiger partial charge in [0.25, 0.3) is 0 Å². The Labute approximate surface area is 109 Å². The highest BCUT2D eigenvalue weighted by atomic mass is 15.1. The molecule has 0 aliphatic heterocycles. The minimum absolute atomic E-state index is 0.404. The van der Waals surface area contributed by atoms with Crippen molar-refractivity contribution in [1.29, 1.82) is 5.26 Å². The molecule has 0 aliphatic rings. The van der Waals surface area contributed by atoms with Crippen LogP contribution >= 0.6 is 0 Å². The van der Waals surface area contributed by atoms with Crippen LogP contribution in [-0.2, 0) is 6.54 Å². The molecule has 2 heterocycles. The van der Waals surface area contributed by atoms with Gasteiger partial charge >= 0.3 is 0 Å². The smallest absolute Gasteiger partial charge is 0.201 e. The first-order chi connectivity index (χ1) is 9.29. The number of nitrogens with zero attached hydrogens (tertiary/aromatic N) is 4. The fourth-order valence-electron chi connectivity index (χ4n) is 2.10. The van der Waals surface area contributed by atoms with Crippen molar-refractivity contribution in [1.82, 2.24) is 14.5 Å². The number of hydrogen-bond acceptors (Lipinski definition) is 4. The Morgan fingerprint density at radius 2 is 2.16 bits per heavy atom. The Kier molecular flexibility index (Phi) is 2.62. The van der Waals surface area contributed by atoms with Gasteiger partial charge < -0.3 is 10.3 Å². The summed E-state index contributed by atoms with van der Waals surface area (Å²) in [5.74, 6) is 0.404. The van der Waals surface area contributed by atoms with E-state index in [0.717, 1.165) is 11.1 Å². The second kappa shape index (κ2) is 4.42. The zero-order valence-corrected chi connectivity index (χ0v) is 10.1. The van der Waals surface area contributed by atoms with Crippen molar-refractivity contribution in [3.05, 3.63) is 53.9 Å². The topological polar surface area (TPSA) is 80.5 Å². The molecule has 0 unspecified atom stereocenters. The van der Waals surface area contributed by atoms with Gasteiger partial charge in [-0.15, -0.1) is 0 Å². The summed E-state index contributed by atoms with van der Waals surface area (Å²) >= 11 is 0. The predicted molar refractivity (Wildman–Crippen MR) is 72.2 cm³/mol. The molecular weight excluding hydrogens is 238 g/mol. The zero-order chi connectivity index (χ0) is 13.2. The first-order valence-electron chi connectivity index (χ1n) is 5.83. The van der Waals surface area contributed by atoms with Crippen molar-refractivity contribution >= 4 is 17.0 Å². The second-order valence-electron chi connectivity index (χ2n) is 4.20. The Hall–Kier alpha value is -2.87. The molecule has 0 aliphatic carbocycles. The molecule has 0 atom stereocenters. The van der Waals surface area contributed by atoms with Crippen molar-refractivity contribution in [2.75, 3.05) is 5.73 Å². The summed E-state index contributed by atoms with van der Waals surface area (Å²) < 4.78 is 1.88. The van der Waals surface area contributed by atoms with Crippen LogP contribution in [0.4, 0.5) is 5.95 Å². The quantitative estimate of drug-likeness (QED) is 0.752. The number of rotatable bonds is 2. The maximum absolute atomic E-state index is 9.08. The molecule has 5 heteroatoms. The highest BCUT2D eigenvalue weighted by Gasteiger charge is 2.11. The van der Waals surface area contributed by atoms with Gasteiger partial charge in [-0.3, -0.25) is 4.98 Å². The Morgan fingerprint density at radius 3 is 2.89 bits per heavy atom. The molecular formula is C14H11N5. The molecule has 3 rings (SSSR count). The van der Waals surface area contributed by atoms with E-state index in [4.69, 9.17) is 11.0 Å². The number of fused-ring (bicyclic) bond motifs is 1. The van der Waals surface area contributed by atoms with Crippen LogP contribution in [0, 0.1) is 11.3 Å². The predicted octanol–water partition coefficient (Wildman–Crippen LogP) is 1.93. The van der Waals surface area contributed by atoms with Gasteiger partial charge in [0.1, 0.15) is 11.6 Å². The molecule has 1 aromatic carbocycles. The number of pyridine rings is 1. The van der Waals surface area contributed by atoms with Gasteiger partial charge in [0.15, 0.2) is 0 Å². The van der Waals surface area contributed by atoms with E-state index in [2.05, 4.69) is 16.0 Å². The minimum Gasteiger partial charge on any atom is -0.369 e. The first kappa shape index (κ1) is 11.2. The number of aromatic nitrogens is 3. The normalized spacial score (nSPS) is 10.5. The van der Waals surface area contributed by atoms with Crippen LogP contribution in [-0.4, -0.2) is 14.5 Å². The number of benzene rings is 1. The van der Waals surface area contributed by atoms with Gasteiger partial charge in [-0.05, 0) is 23.8 Å². The lowest BCUT2D eigenvalue weighted by atomic mass is 10.2. The lowest BCUT2D eigenvalue weighted by Crippen LogP contribution is -2.04. The van der Waals surface area contributed by atoms with E-state index < -0.39 is 0 Å². The molecule has 2 aromatic heterocycles. The van der Waals surface area contributed by atoms with Crippen LogP contribution in [0.5, 0.6) is 0 Å². The summed E-state index contributed by atoms with van der Waals surface area (Å²) in [5.41, 5.74) is 9.03.